The fourth-order valence-corrected chi connectivity index (χ4v) is 3.64. The molecule has 0 aliphatic carbocycles. The van der Waals surface area contributed by atoms with Gasteiger partial charge in [-0.05, 0) is 38.7 Å². The van der Waals surface area contributed by atoms with E-state index in [1.54, 1.807) is 0 Å². The van der Waals surface area contributed by atoms with Crippen molar-refractivity contribution in [3.05, 3.63) is 34.5 Å². The van der Waals surface area contributed by atoms with Gasteiger partial charge in [-0.1, -0.05) is 13.8 Å². The Morgan fingerprint density at radius 3 is 2.67 bits per heavy atom. The largest absolute Gasteiger partial charge is 0.362 e. The Bertz CT molecular complexity index is 839. The number of anilines is 1. The maximum atomic E-state index is 13.2. The second kappa shape index (κ2) is 7.66. The average molecular weight is 371 g/mol. The molecule has 0 spiro atoms. The van der Waals surface area contributed by atoms with Gasteiger partial charge in [0, 0.05) is 32.7 Å². The molecule has 0 unspecified atom stereocenters. The summed E-state index contributed by atoms with van der Waals surface area (Å²) in [6.07, 6.45) is 1.66. The van der Waals surface area contributed by atoms with Gasteiger partial charge in [-0.2, -0.15) is 5.10 Å². The Morgan fingerprint density at radius 1 is 1.30 bits per heavy atom. The molecule has 2 aromatic rings. The van der Waals surface area contributed by atoms with Crippen LogP contribution in [0.4, 0.5) is 5.82 Å². The van der Waals surface area contributed by atoms with Crippen molar-refractivity contribution < 1.29 is 4.79 Å². The highest BCUT2D eigenvalue weighted by atomic mass is 16.2. The van der Waals surface area contributed by atoms with Crippen LogP contribution < -0.4 is 4.90 Å². The Hall–Kier alpha value is -2.44. The molecule has 7 nitrogen and oxygen atoms in total. The first-order chi connectivity index (χ1) is 12.8. The Balaban J connectivity index is 1.87. The first kappa shape index (κ1) is 19.3. The number of aryl methyl sites for hydroxylation is 2. The number of fused-ring (bicyclic) bond motifs is 1. The summed E-state index contributed by atoms with van der Waals surface area (Å²) >= 11 is 0. The number of aromatic nitrogens is 4. The number of hydrogen-bond donors (Lipinski definition) is 0. The molecule has 146 valence electrons. The summed E-state index contributed by atoms with van der Waals surface area (Å²) in [4.78, 5) is 26.3. The third-order valence-electron chi connectivity index (χ3n) is 4.83. The lowest BCUT2D eigenvalue weighted by Crippen LogP contribution is -2.38. The topological polar surface area (TPSA) is 67.2 Å². The van der Waals surface area contributed by atoms with Crippen LogP contribution in [0.3, 0.4) is 0 Å². The lowest BCUT2D eigenvalue weighted by molar-refractivity contribution is 0.0719. The lowest BCUT2D eigenvalue weighted by Gasteiger charge is -2.30. The van der Waals surface area contributed by atoms with Crippen LogP contribution in [0, 0.1) is 12.8 Å². The fraction of sp³-hybridized carbons (Fsp3) is 0.600. The average Bonchev–Trinajstić information content (AvgIpc) is 3.01. The molecule has 0 N–H and O–H groups in total. The number of carbonyl (C=O) groups excluding carboxylic acids is 1. The van der Waals surface area contributed by atoms with E-state index in [1.165, 1.54) is 0 Å². The maximum absolute atomic E-state index is 13.2. The van der Waals surface area contributed by atoms with Gasteiger partial charge in [0.15, 0.2) is 0 Å². The SMILES string of the molecule is CCn1nc(CC(C)C)cc1C(=O)N1CCc2c(nc(C)nc2N(C)C)C1. The molecule has 0 saturated heterocycles. The van der Waals surface area contributed by atoms with Gasteiger partial charge in [-0.25, -0.2) is 9.97 Å². The van der Waals surface area contributed by atoms with E-state index in [-0.39, 0.29) is 5.91 Å². The molecule has 7 heteroatoms. The summed E-state index contributed by atoms with van der Waals surface area (Å²) in [5, 5.41) is 4.62. The summed E-state index contributed by atoms with van der Waals surface area (Å²) in [6.45, 7) is 10.1. The van der Waals surface area contributed by atoms with Crippen molar-refractivity contribution in [2.45, 2.75) is 53.6 Å². The minimum absolute atomic E-state index is 0.0349. The highest BCUT2D eigenvalue weighted by molar-refractivity contribution is 5.93. The Labute approximate surface area is 161 Å². The van der Waals surface area contributed by atoms with Crippen molar-refractivity contribution in [2.75, 3.05) is 25.5 Å². The number of carbonyl (C=O) groups is 1. The Kier molecular flexibility index (Phi) is 5.48. The van der Waals surface area contributed by atoms with Crippen molar-refractivity contribution in [3.63, 3.8) is 0 Å². The van der Waals surface area contributed by atoms with Gasteiger partial charge in [0.2, 0.25) is 0 Å². The number of rotatable bonds is 5. The highest BCUT2D eigenvalue weighted by Crippen LogP contribution is 2.26. The molecule has 27 heavy (non-hydrogen) atoms. The van der Waals surface area contributed by atoms with Crippen molar-refractivity contribution >= 4 is 11.7 Å². The molecule has 0 radical (unpaired) electrons. The minimum Gasteiger partial charge on any atom is -0.362 e. The number of amides is 1. The van der Waals surface area contributed by atoms with Gasteiger partial charge in [0.25, 0.3) is 5.91 Å². The van der Waals surface area contributed by atoms with Gasteiger partial charge in [0.1, 0.15) is 17.3 Å². The highest BCUT2D eigenvalue weighted by Gasteiger charge is 2.28. The van der Waals surface area contributed by atoms with Crippen molar-refractivity contribution in [1.82, 2.24) is 24.6 Å². The summed E-state index contributed by atoms with van der Waals surface area (Å²) in [7, 11) is 3.99. The maximum Gasteiger partial charge on any atom is 0.272 e. The second-order valence-corrected chi connectivity index (χ2v) is 7.83. The molecular formula is C20H30N6O. The van der Waals surface area contributed by atoms with Crippen LogP contribution in [-0.4, -0.2) is 51.2 Å². The predicted octanol–water partition coefficient (Wildman–Crippen LogP) is 2.46. The molecule has 0 atom stereocenters. The monoisotopic (exact) mass is 370 g/mol. The second-order valence-electron chi connectivity index (χ2n) is 7.83. The summed E-state index contributed by atoms with van der Waals surface area (Å²) in [5.41, 5.74) is 3.77. The lowest BCUT2D eigenvalue weighted by atomic mass is 10.0. The normalized spacial score (nSPS) is 13.8. The van der Waals surface area contributed by atoms with E-state index in [0.717, 1.165) is 41.4 Å². The third kappa shape index (κ3) is 3.96. The van der Waals surface area contributed by atoms with Gasteiger partial charge < -0.3 is 9.80 Å². The smallest absolute Gasteiger partial charge is 0.272 e. The van der Waals surface area contributed by atoms with Crippen LogP contribution in [0.2, 0.25) is 0 Å². The zero-order chi connectivity index (χ0) is 19.7. The van der Waals surface area contributed by atoms with E-state index in [2.05, 4.69) is 28.9 Å². The van der Waals surface area contributed by atoms with E-state index in [0.29, 0.717) is 31.2 Å². The zero-order valence-electron chi connectivity index (χ0n) is 17.3. The first-order valence-corrected chi connectivity index (χ1v) is 9.69. The first-order valence-electron chi connectivity index (χ1n) is 9.69. The van der Waals surface area contributed by atoms with Crippen LogP contribution in [0.15, 0.2) is 6.07 Å². The molecule has 3 heterocycles. The van der Waals surface area contributed by atoms with E-state index >= 15 is 0 Å². The molecule has 2 aromatic heterocycles. The molecule has 0 fully saturated rings. The zero-order valence-corrected chi connectivity index (χ0v) is 17.3. The molecule has 1 amide bonds. The predicted molar refractivity (Wildman–Crippen MR) is 106 cm³/mol. The van der Waals surface area contributed by atoms with E-state index < -0.39 is 0 Å². The van der Waals surface area contributed by atoms with Crippen molar-refractivity contribution in [3.8, 4) is 0 Å². The summed E-state index contributed by atoms with van der Waals surface area (Å²) < 4.78 is 1.83. The number of hydrogen-bond acceptors (Lipinski definition) is 5. The molecule has 0 bridgehead atoms. The van der Waals surface area contributed by atoms with Gasteiger partial charge >= 0.3 is 0 Å². The summed E-state index contributed by atoms with van der Waals surface area (Å²) in [5.74, 6) is 2.25. The van der Waals surface area contributed by atoms with Crippen LogP contribution >= 0.6 is 0 Å². The molecule has 3 rings (SSSR count). The van der Waals surface area contributed by atoms with Crippen molar-refractivity contribution in [2.24, 2.45) is 5.92 Å². The molecule has 0 saturated carbocycles. The van der Waals surface area contributed by atoms with Crippen molar-refractivity contribution in [1.29, 1.82) is 0 Å². The van der Waals surface area contributed by atoms with Gasteiger partial charge in [0.05, 0.1) is 17.9 Å². The molecule has 0 aromatic carbocycles. The quantitative estimate of drug-likeness (QED) is 0.809. The molecule has 1 aliphatic heterocycles. The van der Waals surface area contributed by atoms with E-state index in [1.807, 2.05) is 48.5 Å². The molecular weight excluding hydrogens is 340 g/mol. The number of nitrogens with zero attached hydrogens (tertiary/aromatic N) is 6. The minimum atomic E-state index is 0.0349. The van der Waals surface area contributed by atoms with E-state index in [4.69, 9.17) is 0 Å². The standard InChI is InChI=1S/C20H30N6O/c1-7-26-18(11-15(23-26)10-13(2)3)20(27)25-9-8-16-17(12-25)21-14(4)22-19(16)24(5)6/h11,13H,7-10,12H2,1-6H3. The van der Waals surface area contributed by atoms with E-state index in [9.17, 15) is 4.79 Å². The summed E-state index contributed by atoms with van der Waals surface area (Å²) in [6, 6.07) is 1.96. The van der Waals surface area contributed by atoms with Gasteiger partial charge in [-0.15, -0.1) is 0 Å². The van der Waals surface area contributed by atoms with Crippen LogP contribution in [0.25, 0.3) is 0 Å². The van der Waals surface area contributed by atoms with Crippen LogP contribution in [0.5, 0.6) is 0 Å². The third-order valence-corrected chi connectivity index (χ3v) is 4.83. The van der Waals surface area contributed by atoms with Crippen LogP contribution in [-0.2, 0) is 25.9 Å². The Morgan fingerprint density at radius 2 is 2.04 bits per heavy atom. The van der Waals surface area contributed by atoms with Crippen LogP contribution in [0.1, 0.15) is 54.0 Å². The van der Waals surface area contributed by atoms with Gasteiger partial charge in [-0.3, -0.25) is 9.48 Å². The fourth-order valence-electron chi connectivity index (χ4n) is 3.64. The molecule has 1 aliphatic rings.